The molecule has 154 valence electrons. The van der Waals surface area contributed by atoms with Crippen LogP contribution in [0, 0.1) is 5.92 Å². The fraction of sp³-hybridized carbons (Fsp3) is 0.619. The van der Waals surface area contributed by atoms with Gasteiger partial charge in [0.2, 0.25) is 5.91 Å². The fourth-order valence-electron chi connectivity index (χ4n) is 3.96. The molecule has 2 unspecified atom stereocenters. The Balaban J connectivity index is 0.00000225. The van der Waals surface area contributed by atoms with Crippen LogP contribution in [0.15, 0.2) is 35.3 Å². The van der Waals surface area contributed by atoms with E-state index >= 15 is 0 Å². The lowest BCUT2D eigenvalue weighted by Crippen LogP contribution is -2.54. The lowest BCUT2D eigenvalue weighted by Gasteiger charge is -2.36. The minimum atomic E-state index is 0. The first kappa shape index (κ1) is 21.4. The summed E-state index contributed by atoms with van der Waals surface area (Å²) in [6.45, 7) is 5.17. The Morgan fingerprint density at radius 3 is 2.50 bits per heavy atom. The van der Waals surface area contributed by atoms with Gasteiger partial charge in [0.15, 0.2) is 5.96 Å². The number of halogens is 1. The smallest absolute Gasteiger partial charge is 0.234 e. The molecule has 0 bridgehead atoms. The number of nitrogens with one attached hydrogen (secondary N) is 2. The number of hydrogen-bond donors (Lipinski definition) is 2. The Morgan fingerprint density at radius 1 is 1.14 bits per heavy atom. The van der Waals surface area contributed by atoms with Gasteiger partial charge in [-0.25, -0.2) is 0 Å². The first-order chi connectivity index (χ1) is 13.2. The van der Waals surface area contributed by atoms with Crippen LogP contribution in [0.3, 0.4) is 0 Å². The molecule has 6 nitrogen and oxygen atoms in total. The molecule has 0 radical (unpaired) electrons. The van der Waals surface area contributed by atoms with Gasteiger partial charge in [0.05, 0.1) is 6.54 Å². The average molecular weight is 497 g/mol. The first-order valence-electron chi connectivity index (χ1n) is 10.2. The van der Waals surface area contributed by atoms with Crippen molar-refractivity contribution in [2.75, 3.05) is 46.3 Å². The summed E-state index contributed by atoms with van der Waals surface area (Å²) in [6.07, 6.45) is 3.55. The standard InChI is InChI=1S/C21H31N5O.HI/c1-22-21(23-14-17-13-19(17)16-5-3-2-4-6-16)26-11-9-25(10-12-26)15-20(27)24-18-7-8-18;/h2-6,17-19H,7-15H2,1H3,(H,22,23)(H,24,27);1H. The molecule has 0 spiro atoms. The molecule has 1 aromatic carbocycles. The zero-order valence-corrected chi connectivity index (χ0v) is 19.0. The normalized spacial score (nSPS) is 25.0. The lowest BCUT2D eigenvalue weighted by atomic mass is 10.1. The topological polar surface area (TPSA) is 60.0 Å². The Kier molecular flexibility index (Phi) is 7.56. The number of benzene rings is 1. The van der Waals surface area contributed by atoms with Crippen molar-refractivity contribution in [2.24, 2.45) is 10.9 Å². The molecule has 3 aliphatic rings. The van der Waals surface area contributed by atoms with Crippen molar-refractivity contribution in [3.05, 3.63) is 35.9 Å². The number of nitrogens with zero attached hydrogens (tertiary/aromatic N) is 3. The summed E-state index contributed by atoms with van der Waals surface area (Å²) in [4.78, 5) is 21.0. The van der Waals surface area contributed by atoms with Gasteiger partial charge in [-0.05, 0) is 36.7 Å². The number of rotatable bonds is 6. The van der Waals surface area contributed by atoms with Crippen LogP contribution >= 0.6 is 24.0 Å². The third-order valence-electron chi connectivity index (χ3n) is 5.87. The zero-order chi connectivity index (χ0) is 18.6. The minimum absolute atomic E-state index is 0. The van der Waals surface area contributed by atoms with E-state index in [1.807, 2.05) is 7.05 Å². The minimum Gasteiger partial charge on any atom is -0.356 e. The van der Waals surface area contributed by atoms with Crippen molar-refractivity contribution in [1.29, 1.82) is 0 Å². The van der Waals surface area contributed by atoms with Gasteiger partial charge in [0.25, 0.3) is 0 Å². The van der Waals surface area contributed by atoms with Crippen molar-refractivity contribution in [2.45, 2.75) is 31.2 Å². The Morgan fingerprint density at radius 2 is 1.86 bits per heavy atom. The van der Waals surface area contributed by atoms with Gasteiger partial charge in [0.1, 0.15) is 0 Å². The predicted octanol–water partition coefficient (Wildman–Crippen LogP) is 1.88. The van der Waals surface area contributed by atoms with Crippen molar-refractivity contribution in [3.63, 3.8) is 0 Å². The molecule has 4 rings (SSSR count). The van der Waals surface area contributed by atoms with Crippen molar-refractivity contribution >= 4 is 35.8 Å². The van der Waals surface area contributed by atoms with E-state index in [2.05, 4.69) is 55.8 Å². The maximum absolute atomic E-state index is 12.0. The van der Waals surface area contributed by atoms with Gasteiger partial charge < -0.3 is 15.5 Å². The zero-order valence-electron chi connectivity index (χ0n) is 16.6. The summed E-state index contributed by atoms with van der Waals surface area (Å²) >= 11 is 0. The highest BCUT2D eigenvalue weighted by Crippen LogP contribution is 2.46. The molecule has 2 aliphatic carbocycles. The molecule has 28 heavy (non-hydrogen) atoms. The summed E-state index contributed by atoms with van der Waals surface area (Å²) in [5, 5.41) is 6.64. The van der Waals surface area contributed by atoms with Crippen molar-refractivity contribution < 1.29 is 4.79 Å². The van der Waals surface area contributed by atoms with E-state index in [0.29, 0.717) is 24.4 Å². The number of carbonyl (C=O) groups is 1. The van der Waals surface area contributed by atoms with E-state index in [1.54, 1.807) is 0 Å². The molecule has 7 heteroatoms. The monoisotopic (exact) mass is 497 g/mol. The summed E-state index contributed by atoms with van der Waals surface area (Å²) in [7, 11) is 1.86. The molecule has 0 aromatic heterocycles. The van der Waals surface area contributed by atoms with Crippen LogP contribution < -0.4 is 10.6 Å². The molecule has 2 saturated carbocycles. The quantitative estimate of drug-likeness (QED) is 0.358. The maximum atomic E-state index is 12.0. The van der Waals surface area contributed by atoms with Crippen LogP contribution in [0.2, 0.25) is 0 Å². The summed E-state index contributed by atoms with van der Waals surface area (Å²) in [6, 6.07) is 11.2. The van der Waals surface area contributed by atoms with Crippen molar-refractivity contribution in [3.8, 4) is 0 Å². The molecular formula is C21H32IN5O. The molecule has 3 fully saturated rings. The van der Waals surface area contributed by atoms with E-state index in [0.717, 1.165) is 51.5 Å². The van der Waals surface area contributed by atoms with Gasteiger partial charge in [-0.15, -0.1) is 24.0 Å². The van der Waals surface area contributed by atoms with E-state index < -0.39 is 0 Å². The number of aliphatic imine (C=N–C) groups is 1. The summed E-state index contributed by atoms with van der Waals surface area (Å²) in [5.41, 5.74) is 1.46. The number of piperazine rings is 1. The molecule has 1 saturated heterocycles. The lowest BCUT2D eigenvalue weighted by molar-refractivity contribution is -0.122. The molecule has 1 amide bonds. The SMILES string of the molecule is CN=C(NCC1CC1c1ccccc1)N1CCN(CC(=O)NC2CC2)CC1.I. The molecule has 1 aliphatic heterocycles. The average Bonchev–Trinajstić information content (AvgIpc) is 3.61. The second-order valence-corrected chi connectivity index (χ2v) is 8.05. The Labute approximate surface area is 185 Å². The largest absolute Gasteiger partial charge is 0.356 e. The maximum Gasteiger partial charge on any atom is 0.234 e. The fourth-order valence-corrected chi connectivity index (χ4v) is 3.96. The van der Waals surface area contributed by atoms with E-state index in [4.69, 9.17) is 0 Å². The first-order valence-corrected chi connectivity index (χ1v) is 10.2. The third kappa shape index (κ3) is 5.83. The molecular weight excluding hydrogens is 465 g/mol. The van der Waals surface area contributed by atoms with Gasteiger partial charge in [-0.3, -0.25) is 14.7 Å². The third-order valence-corrected chi connectivity index (χ3v) is 5.87. The molecule has 2 N–H and O–H groups in total. The molecule has 1 heterocycles. The van der Waals surface area contributed by atoms with E-state index in [9.17, 15) is 4.79 Å². The number of guanidine groups is 1. The van der Waals surface area contributed by atoms with E-state index in [-0.39, 0.29) is 29.9 Å². The number of hydrogen-bond acceptors (Lipinski definition) is 3. The molecule has 1 aromatic rings. The highest BCUT2D eigenvalue weighted by atomic mass is 127. The van der Waals surface area contributed by atoms with Crippen LogP contribution in [0.25, 0.3) is 0 Å². The van der Waals surface area contributed by atoms with Crippen LogP contribution in [0.5, 0.6) is 0 Å². The van der Waals surface area contributed by atoms with E-state index in [1.165, 1.54) is 12.0 Å². The van der Waals surface area contributed by atoms with Gasteiger partial charge >= 0.3 is 0 Å². The molecule has 2 atom stereocenters. The van der Waals surface area contributed by atoms with Gasteiger partial charge in [0, 0.05) is 45.8 Å². The van der Waals surface area contributed by atoms with Crippen LogP contribution in [0.1, 0.15) is 30.7 Å². The highest BCUT2D eigenvalue weighted by molar-refractivity contribution is 14.0. The highest BCUT2D eigenvalue weighted by Gasteiger charge is 2.38. The van der Waals surface area contributed by atoms with Crippen molar-refractivity contribution in [1.82, 2.24) is 20.4 Å². The second-order valence-electron chi connectivity index (χ2n) is 8.05. The summed E-state index contributed by atoms with van der Waals surface area (Å²) < 4.78 is 0. The van der Waals surface area contributed by atoms with Crippen LogP contribution in [-0.2, 0) is 4.79 Å². The number of amides is 1. The van der Waals surface area contributed by atoms with Gasteiger partial charge in [-0.2, -0.15) is 0 Å². The van der Waals surface area contributed by atoms with Gasteiger partial charge in [-0.1, -0.05) is 30.3 Å². The van der Waals surface area contributed by atoms with Crippen LogP contribution in [0.4, 0.5) is 0 Å². The summed E-state index contributed by atoms with van der Waals surface area (Å²) in [5.74, 6) is 2.57. The predicted molar refractivity (Wildman–Crippen MR) is 123 cm³/mol. The second kappa shape index (κ2) is 9.91. The van der Waals surface area contributed by atoms with Crippen LogP contribution in [-0.4, -0.2) is 74.0 Å². The number of carbonyl (C=O) groups excluding carboxylic acids is 1. The Hall–Kier alpha value is -1.35. The Bertz CT molecular complexity index is 671.